The Kier molecular flexibility index (Phi) is 5.82. The molecule has 0 aromatic carbocycles. The van der Waals surface area contributed by atoms with Crippen LogP contribution in [0.5, 0.6) is 0 Å². The molecule has 1 aromatic heterocycles. The van der Waals surface area contributed by atoms with Crippen molar-refractivity contribution in [1.29, 1.82) is 0 Å². The molecule has 0 aliphatic rings. The van der Waals surface area contributed by atoms with Crippen molar-refractivity contribution in [3.63, 3.8) is 0 Å². The molecule has 1 aromatic rings. The van der Waals surface area contributed by atoms with Crippen molar-refractivity contribution >= 4 is 34.8 Å². The molecule has 1 amide bonds. The van der Waals surface area contributed by atoms with E-state index in [1.807, 2.05) is 17.5 Å². The summed E-state index contributed by atoms with van der Waals surface area (Å²) in [5.74, 6) is -0.319. The molecule has 0 saturated carbocycles. The summed E-state index contributed by atoms with van der Waals surface area (Å²) in [7, 11) is 1.33. The van der Waals surface area contributed by atoms with Crippen LogP contribution in [0.4, 0.5) is 0 Å². The molecule has 0 aliphatic carbocycles. The molecule has 6 heteroatoms. The lowest BCUT2D eigenvalue weighted by molar-refractivity contribution is -0.141. The fourth-order valence-electron chi connectivity index (χ4n) is 1.38. The van der Waals surface area contributed by atoms with Crippen molar-refractivity contribution < 1.29 is 14.3 Å². The summed E-state index contributed by atoms with van der Waals surface area (Å²) in [5, 5.41) is 4.76. The van der Waals surface area contributed by atoms with Crippen molar-refractivity contribution in [2.45, 2.75) is 26.3 Å². The maximum Gasteiger partial charge on any atom is 0.307 e. The van der Waals surface area contributed by atoms with E-state index in [0.717, 1.165) is 4.88 Å². The molecule has 1 atom stereocenters. The number of nitrogens with one attached hydrogen (secondary N) is 1. The van der Waals surface area contributed by atoms with Gasteiger partial charge in [0.15, 0.2) is 0 Å². The van der Waals surface area contributed by atoms with Gasteiger partial charge in [-0.2, -0.15) is 0 Å². The first-order valence-corrected chi connectivity index (χ1v) is 7.29. The fourth-order valence-corrected chi connectivity index (χ4v) is 2.28. The van der Waals surface area contributed by atoms with E-state index in [0.29, 0.717) is 0 Å². The van der Waals surface area contributed by atoms with E-state index in [1.165, 1.54) is 18.4 Å². The second-order valence-electron chi connectivity index (χ2n) is 4.84. The molecular formula is C13H18ClNO3S. The molecule has 0 spiro atoms. The number of carbonyl (C=O) groups is 2. The van der Waals surface area contributed by atoms with E-state index in [9.17, 15) is 9.59 Å². The monoisotopic (exact) mass is 303 g/mol. The zero-order valence-corrected chi connectivity index (χ0v) is 12.8. The Morgan fingerprint density at radius 2 is 2.21 bits per heavy atom. The summed E-state index contributed by atoms with van der Waals surface area (Å²) in [4.78, 5) is 24.5. The maximum absolute atomic E-state index is 12.1. The molecule has 0 bridgehead atoms. The third kappa shape index (κ3) is 4.51. The average Bonchev–Trinajstić information content (AvgIpc) is 2.91. The number of methoxy groups -OCH3 is 1. The highest BCUT2D eigenvalue weighted by atomic mass is 35.5. The quantitative estimate of drug-likeness (QED) is 0.649. The van der Waals surface area contributed by atoms with Gasteiger partial charge in [-0.25, -0.2) is 0 Å². The third-order valence-corrected chi connectivity index (χ3v) is 4.39. The predicted molar refractivity (Wildman–Crippen MR) is 76.3 cm³/mol. The molecule has 0 saturated heterocycles. The van der Waals surface area contributed by atoms with E-state index < -0.39 is 5.41 Å². The van der Waals surface area contributed by atoms with Crippen molar-refractivity contribution in [3.05, 3.63) is 22.4 Å². The molecular weight excluding hydrogens is 286 g/mol. The lowest BCUT2D eigenvalue weighted by atomic mass is 9.94. The van der Waals surface area contributed by atoms with Crippen molar-refractivity contribution in [3.8, 4) is 0 Å². The van der Waals surface area contributed by atoms with E-state index >= 15 is 0 Å². The van der Waals surface area contributed by atoms with Gasteiger partial charge in [0.05, 0.1) is 25.0 Å². The van der Waals surface area contributed by atoms with Gasteiger partial charge < -0.3 is 10.1 Å². The van der Waals surface area contributed by atoms with E-state index in [2.05, 4.69) is 10.1 Å². The lowest BCUT2D eigenvalue weighted by Gasteiger charge is -2.24. The fraction of sp³-hybridized carbons (Fsp3) is 0.538. The van der Waals surface area contributed by atoms with Gasteiger partial charge in [0.1, 0.15) is 0 Å². The predicted octanol–water partition coefficient (Wildman–Crippen LogP) is 2.73. The Hall–Kier alpha value is -1.07. The number of carbonyl (C=O) groups excluding carboxylic acids is 2. The minimum absolute atomic E-state index is 0.112. The van der Waals surface area contributed by atoms with E-state index in [-0.39, 0.29) is 30.2 Å². The van der Waals surface area contributed by atoms with Crippen LogP contribution in [0.1, 0.15) is 31.2 Å². The van der Waals surface area contributed by atoms with Crippen LogP contribution < -0.4 is 5.32 Å². The smallest absolute Gasteiger partial charge is 0.307 e. The lowest BCUT2D eigenvalue weighted by Crippen LogP contribution is -2.40. The number of ether oxygens (including phenoxy) is 1. The maximum atomic E-state index is 12.1. The zero-order valence-electron chi connectivity index (χ0n) is 11.2. The molecule has 106 valence electrons. The number of esters is 1. The topological polar surface area (TPSA) is 55.4 Å². The summed E-state index contributed by atoms with van der Waals surface area (Å²) >= 11 is 7.27. The molecule has 4 nitrogen and oxygen atoms in total. The van der Waals surface area contributed by atoms with Crippen LogP contribution in [0.2, 0.25) is 0 Å². The summed E-state index contributed by atoms with van der Waals surface area (Å²) < 4.78 is 4.66. The van der Waals surface area contributed by atoms with Crippen LogP contribution in [0.15, 0.2) is 17.5 Å². The normalized spacial score (nSPS) is 12.8. The second kappa shape index (κ2) is 6.91. The summed E-state index contributed by atoms with van der Waals surface area (Å²) in [6, 6.07) is 3.39. The van der Waals surface area contributed by atoms with Crippen LogP contribution in [0.25, 0.3) is 0 Å². The molecule has 0 radical (unpaired) electrons. The van der Waals surface area contributed by atoms with Crippen LogP contribution in [0.3, 0.4) is 0 Å². The average molecular weight is 304 g/mol. The minimum Gasteiger partial charge on any atom is -0.469 e. The van der Waals surface area contributed by atoms with E-state index in [1.54, 1.807) is 13.8 Å². The van der Waals surface area contributed by atoms with Crippen molar-refractivity contribution in [2.24, 2.45) is 5.41 Å². The number of amides is 1. The Bertz CT molecular complexity index is 431. The molecule has 19 heavy (non-hydrogen) atoms. The first-order chi connectivity index (χ1) is 8.90. The highest BCUT2D eigenvalue weighted by Gasteiger charge is 2.30. The van der Waals surface area contributed by atoms with Gasteiger partial charge in [0.25, 0.3) is 0 Å². The van der Waals surface area contributed by atoms with Gasteiger partial charge >= 0.3 is 5.97 Å². The number of rotatable bonds is 6. The third-order valence-electron chi connectivity index (χ3n) is 2.74. The largest absolute Gasteiger partial charge is 0.469 e. The number of alkyl halides is 1. The Morgan fingerprint density at radius 1 is 1.53 bits per heavy atom. The number of thiophene rings is 1. The molecule has 1 unspecified atom stereocenters. The molecule has 1 heterocycles. The summed E-state index contributed by atoms with van der Waals surface area (Å²) in [6.45, 7) is 3.53. The number of hydrogen-bond donors (Lipinski definition) is 1. The summed E-state index contributed by atoms with van der Waals surface area (Å²) in [6.07, 6.45) is 0.112. The highest BCUT2D eigenvalue weighted by molar-refractivity contribution is 7.10. The van der Waals surface area contributed by atoms with Gasteiger partial charge in [-0.15, -0.1) is 22.9 Å². The standard InChI is InChI=1S/C13H18ClNO3S/c1-13(2,8-14)12(17)15-9(7-11(16)18-3)10-5-4-6-19-10/h4-6,9H,7-8H2,1-3H3,(H,15,17). The first kappa shape index (κ1) is 16.0. The zero-order chi connectivity index (χ0) is 14.5. The highest BCUT2D eigenvalue weighted by Crippen LogP contribution is 2.25. The molecule has 1 rings (SSSR count). The van der Waals surface area contributed by atoms with Crippen LogP contribution in [-0.4, -0.2) is 24.9 Å². The van der Waals surface area contributed by atoms with Crippen molar-refractivity contribution in [2.75, 3.05) is 13.0 Å². The molecule has 0 fully saturated rings. The number of hydrogen-bond acceptors (Lipinski definition) is 4. The van der Waals surface area contributed by atoms with Gasteiger partial charge in [-0.1, -0.05) is 6.07 Å². The molecule has 1 N–H and O–H groups in total. The first-order valence-electron chi connectivity index (χ1n) is 5.88. The SMILES string of the molecule is COC(=O)CC(NC(=O)C(C)(C)CCl)c1cccs1. The van der Waals surface area contributed by atoms with Crippen molar-refractivity contribution in [1.82, 2.24) is 5.32 Å². The van der Waals surface area contributed by atoms with Gasteiger partial charge in [-0.05, 0) is 25.3 Å². The Morgan fingerprint density at radius 3 is 2.68 bits per heavy atom. The van der Waals surface area contributed by atoms with Crippen LogP contribution in [0, 0.1) is 5.41 Å². The second-order valence-corrected chi connectivity index (χ2v) is 6.09. The van der Waals surface area contributed by atoms with E-state index in [4.69, 9.17) is 11.6 Å². The van der Waals surface area contributed by atoms with Crippen LogP contribution in [-0.2, 0) is 14.3 Å². The molecule has 0 aliphatic heterocycles. The van der Waals surface area contributed by atoms with Crippen LogP contribution >= 0.6 is 22.9 Å². The summed E-state index contributed by atoms with van der Waals surface area (Å²) in [5.41, 5.74) is -0.673. The van der Waals surface area contributed by atoms with Gasteiger partial charge in [0, 0.05) is 10.8 Å². The minimum atomic E-state index is -0.673. The Labute approximate surface area is 122 Å². The van der Waals surface area contributed by atoms with Gasteiger partial charge in [0.2, 0.25) is 5.91 Å². The van der Waals surface area contributed by atoms with Gasteiger partial charge in [-0.3, -0.25) is 9.59 Å². The number of halogens is 1. The Balaban J connectivity index is 2.81.